The number of hydrogen-bond donors (Lipinski definition) is 6. The van der Waals surface area contributed by atoms with Gasteiger partial charge in [0, 0.05) is 32.8 Å². The standard InChI is InChI=1S/C14H11ClINO2.C14H11FINO2.C14H12INO2/c1-8-6-10(16)3-5-12(8)17-13-7-9(15)2-4-11(13)14(18)19;1-8-6-10(16)3-5-12(8)17-13-4-2-9(15)7-11(13)14(18)19;1-9-8-10(15)6-7-12(9)16-13-5-3-2-4-11(13)14(17)18/h2*2-7,17H,1H3,(H,18,19);2-8,16H,1H3,(H,17,18). The van der Waals surface area contributed by atoms with Gasteiger partial charge in [-0.2, -0.15) is 0 Å². The zero-order valence-electron chi connectivity index (χ0n) is 29.9. The molecule has 0 atom stereocenters. The van der Waals surface area contributed by atoms with Crippen LogP contribution in [-0.2, 0) is 0 Å². The van der Waals surface area contributed by atoms with E-state index in [0.717, 1.165) is 50.5 Å². The summed E-state index contributed by atoms with van der Waals surface area (Å²) in [4.78, 5) is 33.4. The van der Waals surface area contributed by atoms with Gasteiger partial charge in [-0.05, 0) is 208 Å². The van der Waals surface area contributed by atoms with Crippen LogP contribution in [0.4, 0.5) is 38.5 Å². The first kappa shape index (κ1) is 44.3. The molecule has 6 aromatic carbocycles. The Kier molecular flexibility index (Phi) is 16.3. The van der Waals surface area contributed by atoms with E-state index >= 15 is 0 Å². The highest BCUT2D eigenvalue weighted by molar-refractivity contribution is 14.1. The highest BCUT2D eigenvalue weighted by atomic mass is 127. The number of benzene rings is 6. The topological polar surface area (TPSA) is 148 Å². The molecule has 9 nitrogen and oxygen atoms in total. The van der Waals surface area contributed by atoms with Crippen LogP contribution in [0.2, 0.25) is 5.02 Å². The van der Waals surface area contributed by atoms with Crippen LogP contribution in [0.1, 0.15) is 47.8 Å². The number of aryl methyl sites for hydroxylation is 3. The minimum atomic E-state index is -1.16. The molecule has 0 unspecified atom stereocenters. The molecule has 0 aliphatic heterocycles. The molecular formula is C42H34ClFI3N3O6. The van der Waals surface area contributed by atoms with E-state index in [9.17, 15) is 18.8 Å². The summed E-state index contributed by atoms with van der Waals surface area (Å²) >= 11 is 12.6. The molecule has 56 heavy (non-hydrogen) atoms. The van der Waals surface area contributed by atoms with E-state index in [1.807, 2.05) is 81.4 Å². The molecule has 0 heterocycles. The molecular weight excluding hydrogens is 1080 g/mol. The number of hydrogen-bond acceptors (Lipinski definition) is 6. The van der Waals surface area contributed by atoms with E-state index in [1.54, 1.807) is 30.3 Å². The van der Waals surface area contributed by atoms with Crippen molar-refractivity contribution in [3.05, 3.63) is 170 Å². The molecule has 6 aromatic rings. The lowest BCUT2D eigenvalue weighted by Crippen LogP contribution is -2.04. The maximum atomic E-state index is 13.1. The molecule has 0 saturated heterocycles. The number of nitrogens with one attached hydrogen (secondary N) is 3. The Morgan fingerprint density at radius 3 is 1.32 bits per heavy atom. The van der Waals surface area contributed by atoms with E-state index in [-0.39, 0.29) is 16.7 Å². The number of carbonyl (C=O) groups is 3. The predicted molar refractivity (Wildman–Crippen MR) is 247 cm³/mol. The third-order valence-electron chi connectivity index (χ3n) is 7.95. The van der Waals surface area contributed by atoms with Crippen molar-refractivity contribution in [3.8, 4) is 0 Å². The summed E-state index contributed by atoms with van der Waals surface area (Å²) < 4.78 is 16.5. The molecule has 0 aliphatic carbocycles. The molecule has 0 saturated carbocycles. The van der Waals surface area contributed by atoms with Gasteiger partial charge in [0.15, 0.2) is 0 Å². The Balaban J connectivity index is 0.000000187. The van der Waals surface area contributed by atoms with Gasteiger partial charge in [-0.1, -0.05) is 23.7 Å². The smallest absolute Gasteiger partial charge is 0.337 e. The number of carboxylic acids is 3. The van der Waals surface area contributed by atoms with Crippen LogP contribution in [0, 0.1) is 37.3 Å². The number of rotatable bonds is 9. The highest BCUT2D eigenvalue weighted by Gasteiger charge is 2.14. The average Bonchev–Trinajstić information content (AvgIpc) is 3.13. The Morgan fingerprint density at radius 1 is 0.482 bits per heavy atom. The monoisotopic (exact) mass is 1110 g/mol. The van der Waals surface area contributed by atoms with Gasteiger partial charge in [0.25, 0.3) is 0 Å². The molecule has 0 spiro atoms. The Morgan fingerprint density at radius 2 is 0.875 bits per heavy atom. The van der Waals surface area contributed by atoms with E-state index in [0.29, 0.717) is 22.1 Å². The van der Waals surface area contributed by atoms with E-state index in [1.165, 1.54) is 18.2 Å². The molecule has 0 aliphatic rings. The summed E-state index contributed by atoms with van der Waals surface area (Å²) in [5.41, 5.74) is 7.56. The van der Waals surface area contributed by atoms with Gasteiger partial charge in [-0.3, -0.25) is 0 Å². The fraction of sp³-hybridized carbons (Fsp3) is 0.0714. The molecule has 6 N–H and O–H groups in total. The number of carboxylic acid groups (broad SMARTS) is 3. The lowest BCUT2D eigenvalue weighted by Gasteiger charge is -2.12. The number of halogens is 5. The second kappa shape index (κ2) is 20.6. The zero-order chi connectivity index (χ0) is 41.1. The second-order valence-electron chi connectivity index (χ2n) is 12.1. The van der Waals surface area contributed by atoms with Crippen molar-refractivity contribution in [2.45, 2.75) is 20.8 Å². The van der Waals surface area contributed by atoms with Crippen LogP contribution in [0.15, 0.2) is 115 Å². The van der Waals surface area contributed by atoms with Gasteiger partial charge in [-0.25, -0.2) is 18.8 Å². The number of aromatic carboxylic acids is 3. The SMILES string of the molecule is Cc1cc(I)ccc1Nc1cc(Cl)ccc1C(=O)O.Cc1cc(I)ccc1Nc1ccc(F)cc1C(=O)O.Cc1cc(I)ccc1Nc1ccccc1C(=O)O. The first-order valence-corrected chi connectivity index (χ1v) is 20.1. The summed E-state index contributed by atoms with van der Waals surface area (Å²) in [7, 11) is 0. The number of anilines is 6. The van der Waals surface area contributed by atoms with Crippen LogP contribution >= 0.6 is 79.4 Å². The summed E-state index contributed by atoms with van der Waals surface area (Å²) in [5.74, 6) is -3.64. The van der Waals surface area contributed by atoms with Gasteiger partial charge in [0.05, 0.1) is 33.8 Å². The van der Waals surface area contributed by atoms with Crippen molar-refractivity contribution < 1.29 is 34.1 Å². The summed E-state index contributed by atoms with van der Waals surface area (Å²) in [6, 6.07) is 32.9. The maximum absolute atomic E-state index is 13.1. The Hall–Kier alpha value is -4.46. The Bertz CT molecular complexity index is 2410. The van der Waals surface area contributed by atoms with Gasteiger partial charge >= 0.3 is 17.9 Å². The maximum Gasteiger partial charge on any atom is 0.337 e. The fourth-order valence-electron chi connectivity index (χ4n) is 5.12. The molecule has 0 bridgehead atoms. The molecule has 0 aromatic heterocycles. The quantitative estimate of drug-likeness (QED) is 0.0779. The van der Waals surface area contributed by atoms with Crippen molar-refractivity contribution in [1.29, 1.82) is 0 Å². The third kappa shape index (κ3) is 12.8. The zero-order valence-corrected chi connectivity index (χ0v) is 37.2. The first-order chi connectivity index (χ1) is 26.5. The minimum absolute atomic E-state index is 0.0852. The van der Waals surface area contributed by atoms with Crippen molar-refractivity contribution in [2.24, 2.45) is 0 Å². The molecule has 0 amide bonds. The number of para-hydroxylation sites is 1. The van der Waals surface area contributed by atoms with Crippen LogP contribution < -0.4 is 16.0 Å². The van der Waals surface area contributed by atoms with Crippen LogP contribution in [0.3, 0.4) is 0 Å². The lowest BCUT2D eigenvalue weighted by molar-refractivity contribution is 0.0686. The molecule has 288 valence electrons. The van der Waals surface area contributed by atoms with Gasteiger partial charge in [0.1, 0.15) is 5.82 Å². The molecule has 6 rings (SSSR count). The third-order valence-corrected chi connectivity index (χ3v) is 10.2. The van der Waals surface area contributed by atoms with E-state index in [2.05, 4.69) is 83.7 Å². The molecule has 14 heteroatoms. The van der Waals surface area contributed by atoms with Crippen molar-refractivity contribution in [2.75, 3.05) is 16.0 Å². The van der Waals surface area contributed by atoms with Crippen LogP contribution in [0.5, 0.6) is 0 Å². The normalized spacial score (nSPS) is 10.2. The van der Waals surface area contributed by atoms with Crippen molar-refractivity contribution >= 4 is 131 Å². The molecule has 0 fully saturated rings. The summed E-state index contributed by atoms with van der Waals surface area (Å²) in [6.45, 7) is 5.89. The minimum Gasteiger partial charge on any atom is -0.478 e. The summed E-state index contributed by atoms with van der Waals surface area (Å²) in [6.07, 6.45) is 0. The predicted octanol–water partition coefficient (Wildman–Crippen LogP) is 12.9. The second-order valence-corrected chi connectivity index (χ2v) is 16.3. The van der Waals surface area contributed by atoms with E-state index in [4.69, 9.17) is 26.9 Å². The van der Waals surface area contributed by atoms with Gasteiger partial charge in [0.2, 0.25) is 0 Å². The average molecular weight is 1110 g/mol. The Labute approximate surface area is 369 Å². The largest absolute Gasteiger partial charge is 0.478 e. The fourth-order valence-corrected chi connectivity index (χ4v) is 7.24. The van der Waals surface area contributed by atoms with Crippen LogP contribution in [0.25, 0.3) is 0 Å². The first-order valence-electron chi connectivity index (χ1n) is 16.5. The highest BCUT2D eigenvalue weighted by Crippen LogP contribution is 2.29. The summed E-state index contributed by atoms with van der Waals surface area (Å²) in [5, 5.41) is 37.2. The van der Waals surface area contributed by atoms with Crippen molar-refractivity contribution in [3.63, 3.8) is 0 Å². The van der Waals surface area contributed by atoms with Crippen LogP contribution in [-0.4, -0.2) is 33.2 Å². The lowest BCUT2D eigenvalue weighted by atomic mass is 10.1. The van der Waals surface area contributed by atoms with E-state index < -0.39 is 23.7 Å². The van der Waals surface area contributed by atoms with Gasteiger partial charge in [-0.15, -0.1) is 0 Å². The van der Waals surface area contributed by atoms with Crippen molar-refractivity contribution in [1.82, 2.24) is 0 Å². The van der Waals surface area contributed by atoms with Gasteiger partial charge < -0.3 is 31.3 Å². The molecule has 0 radical (unpaired) electrons.